The molecule has 4 atom stereocenters. The molecule has 3 aliphatic rings. The molecule has 0 radical (unpaired) electrons. The lowest BCUT2D eigenvalue weighted by Crippen LogP contribution is -2.51. The third kappa shape index (κ3) is 3.20. The number of hydrogen-bond acceptors (Lipinski definition) is 6. The van der Waals surface area contributed by atoms with Gasteiger partial charge in [-0.3, -0.25) is 14.4 Å². The fourth-order valence-corrected chi connectivity index (χ4v) is 6.51. The van der Waals surface area contributed by atoms with Crippen LogP contribution < -0.4 is 4.90 Å². The van der Waals surface area contributed by atoms with Crippen molar-refractivity contribution in [3.8, 4) is 0 Å². The van der Waals surface area contributed by atoms with Crippen molar-refractivity contribution in [1.82, 2.24) is 9.96 Å². The van der Waals surface area contributed by atoms with Gasteiger partial charge < -0.3 is 4.90 Å². The number of thiocarbonyl (C=S) groups is 1. The lowest BCUT2D eigenvalue weighted by Gasteiger charge is -2.39. The number of amides is 2. The number of benzene rings is 2. The highest BCUT2D eigenvalue weighted by Crippen LogP contribution is 2.52. The first-order valence-electron chi connectivity index (χ1n) is 10.3. The Kier molecular flexibility index (Phi) is 5.34. The number of likely N-dealkylation sites (N-methyl/N-ethyl adjacent to an activating group) is 1. The molecule has 0 spiro atoms. The standard InChI is InChI=1S/C23H22ClN3O3S2/c1-23(2)21(32-22(31)25(23)3)27-17(13-9-11-14(24)12-10-13)16-18(30-27)20(29)26(19(16)28)15-7-5-4-6-8-15/h4-12,16-18,21H,1-3H3/t16-,17-,18+,21+/m1/s1. The predicted octanol–water partition coefficient (Wildman–Crippen LogP) is 4.25. The number of carbonyl (C=O) groups excluding carboxylic acids is 2. The van der Waals surface area contributed by atoms with Gasteiger partial charge in [0.15, 0.2) is 6.10 Å². The van der Waals surface area contributed by atoms with Gasteiger partial charge in [0.05, 0.1) is 23.2 Å². The molecule has 0 aromatic heterocycles. The SMILES string of the molecule is CN1C(=S)S[C@H](N2O[C@@H]3C(=O)N(c4ccccc4)C(=O)[C@@H]3[C@H]2c2ccc(Cl)cc2)C1(C)C. The molecule has 0 N–H and O–H groups in total. The first-order valence-corrected chi connectivity index (χ1v) is 12.0. The molecule has 2 amide bonds. The summed E-state index contributed by atoms with van der Waals surface area (Å²) in [5, 5.41) is 2.22. The maximum Gasteiger partial charge on any atom is 0.265 e. The summed E-state index contributed by atoms with van der Waals surface area (Å²) in [6.45, 7) is 4.17. The molecule has 32 heavy (non-hydrogen) atoms. The Labute approximate surface area is 201 Å². The van der Waals surface area contributed by atoms with E-state index in [1.165, 1.54) is 16.7 Å². The topological polar surface area (TPSA) is 53.1 Å². The Morgan fingerprint density at radius 2 is 1.69 bits per heavy atom. The second-order valence-electron chi connectivity index (χ2n) is 8.70. The van der Waals surface area contributed by atoms with Crippen LogP contribution in [0.15, 0.2) is 54.6 Å². The van der Waals surface area contributed by atoms with E-state index in [2.05, 4.69) is 13.8 Å². The Balaban J connectivity index is 1.58. The van der Waals surface area contributed by atoms with E-state index in [4.69, 9.17) is 28.7 Å². The number of halogens is 1. The van der Waals surface area contributed by atoms with Crippen LogP contribution in [-0.2, 0) is 14.4 Å². The molecule has 2 aromatic carbocycles. The van der Waals surface area contributed by atoms with Crippen molar-refractivity contribution in [3.05, 3.63) is 65.2 Å². The third-order valence-corrected chi connectivity index (χ3v) is 8.86. The maximum absolute atomic E-state index is 13.6. The number of para-hydroxylation sites is 1. The summed E-state index contributed by atoms with van der Waals surface area (Å²) < 4.78 is 0.749. The van der Waals surface area contributed by atoms with E-state index in [-0.39, 0.29) is 22.7 Å². The number of rotatable bonds is 3. The van der Waals surface area contributed by atoms with Crippen molar-refractivity contribution in [2.24, 2.45) is 5.92 Å². The van der Waals surface area contributed by atoms with E-state index < -0.39 is 18.1 Å². The molecular formula is C23H22ClN3O3S2. The first-order chi connectivity index (χ1) is 15.2. The average molecular weight is 488 g/mol. The molecule has 9 heteroatoms. The maximum atomic E-state index is 13.6. The number of imide groups is 1. The van der Waals surface area contributed by atoms with Gasteiger partial charge in [-0.15, -0.1) is 0 Å². The summed E-state index contributed by atoms with van der Waals surface area (Å²) in [5.41, 5.74) is 1.06. The molecule has 3 fully saturated rings. The van der Waals surface area contributed by atoms with Crippen LogP contribution in [0.5, 0.6) is 0 Å². The molecule has 0 aliphatic carbocycles. The molecule has 0 saturated carbocycles. The Bertz CT molecular complexity index is 1100. The van der Waals surface area contributed by atoms with E-state index in [1.54, 1.807) is 24.3 Å². The van der Waals surface area contributed by atoms with Crippen molar-refractivity contribution in [1.29, 1.82) is 0 Å². The molecule has 5 rings (SSSR count). The van der Waals surface area contributed by atoms with E-state index in [1.807, 2.05) is 47.3 Å². The number of thioether (sulfide) groups is 1. The Morgan fingerprint density at radius 1 is 1.03 bits per heavy atom. The number of fused-ring (bicyclic) bond motifs is 1. The zero-order chi connectivity index (χ0) is 22.8. The van der Waals surface area contributed by atoms with Gasteiger partial charge in [0, 0.05) is 12.1 Å². The largest absolute Gasteiger partial charge is 0.353 e. The van der Waals surface area contributed by atoms with Crippen molar-refractivity contribution >= 4 is 57.4 Å². The second-order valence-corrected chi connectivity index (χ2v) is 10.9. The summed E-state index contributed by atoms with van der Waals surface area (Å²) in [6.07, 6.45) is -0.890. The smallest absolute Gasteiger partial charge is 0.265 e. The summed E-state index contributed by atoms with van der Waals surface area (Å²) in [5.74, 6) is -1.27. The van der Waals surface area contributed by atoms with Crippen LogP contribution in [0.25, 0.3) is 0 Å². The number of hydrogen-bond donors (Lipinski definition) is 0. The van der Waals surface area contributed by atoms with Gasteiger partial charge in [0.1, 0.15) is 9.69 Å². The highest BCUT2D eigenvalue weighted by molar-refractivity contribution is 8.23. The van der Waals surface area contributed by atoms with Gasteiger partial charge >= 0.3 is 0 Å². The van der Waals surface area contributed by atoms with Crippen LogP contribution in [0.4, 0.5) is 5.69 Å². The highest BCUT2D eigenvalue weighted by Gasteiger charge is 2.63. The van der Waals surface area contributed by atoms with Crippen LogP contribution >= 0.6 is 35.6 Å². The molecule has 0 bridgehead atoms. The summed E-state index contributed by atoms with van der Waals surface area (Å²) in [6, 6.07) is 15.9. The zero-order valence-corrected chi connectivity index (χ0v) is 20.2. The Morgan fingerprint density at radius 3 is 2.28 bits per heavy atom. The van der Waals surface area contributed by atoms with Crippen LogP contribution in [0.3, 0.4) is 0 Å². The molecule has 6 nitrogen and oxygen atoms in total. The molecule has 2 aromatic rings. The van der Waals surface area contributed by atoms with E-state index in [0.717, 1.165) is 9.88 Å². The number of nitrogens with zero attached hydrogens (tertiary/aromatic N) is 3. The minimum atomic E-state index is -0.890. The molecule has 3 saturated heterocycles. The summed E-state index contributed by atoms with van der Waals surface area (Å²) in [7, 11) is 1.96. The molecule has 3 heterocycles. The van der Waals surface area contributed by atoms with Gasteiger partial charge in [0.25, 0.3) is 5.91 Å². The first kappa shape index (κ1) is 21.9. The summed E-state index contributed by atoms with van der Waals surface area (Å²) in [4.78, 5) is 36.6. The molecule has 166 valence electrons. The van der Waals surface area contributed by atoms with Crippen molar-refractivity contribution in [3.63, 3.8) is 0 Å². The van der Waals surface area contributed by atoms with Crippen molar-refractivity contribution in [2.75, 3.05) is 11.9 Å². The van der Waals surface area contributed by atoms with Gasteiger partial charge in [-0.05, 0) is 43.7 Å². The highest BCUT2D eigenvalue weighted by atomic mass is 35.5. The van der Waals surface area contributed by atoms with Crippen molar-refractivity contribution < 1.29 is 14.4 Å². The van der Waals surface area contributed by atoms with Gasteiger partial charge in [-0.25, -0.2) is 4.90 Å². The summed E-state index contributed by atoms with van der Waals surface area (Å²) >= 11 is 13.2. The van der Waals surface area contributed by atoms with Crippen molar-refractivity contribution in [2.45, 2.75) is 36.9 Å². The monoisotopic (exact) mass is 487 g/mol. The zero-order valence-electron chi connectivity index (χ0n) is 17.8. The normalized spacial score (nSPS) is 29.8. The fourth-order valence-electron chi connectivity index (χ4n) is 4.56. The number of hydroxylamine groups is 2. The van der Waals surface area contributed by atoms with E-state index in [9.17, 15) is 9.59 Å². The number of carbonyl (C=O) groups is 2. The van der Waals surface area contributed by atoms with Gasteiger partial charge in [0.2, 0.25) is 5.91 Å². The van der Waals surface area contributed by atoms with Crippen LogP contribution in [0.1, 0.15) is 25.5 Å². The van der Waals surface area contributed by atoms with E-state index >= 15 is 0 Å². The van der Waals surface area contributed by atoms with E-state index in [0.29, 0.717) is 10.7 Å². The minimum Gasteiger partial charge on any atom is -0.353 e. The van der Waals surface area contributed by atoms with Gasteiger partial charge in [-0.2, -0.15) is 5.06 Å². The average Bonchev–Trinajstić information content (AvgIpc) is 3.34. The third-order valence-electron chi connectivity index (χ3n) is 6.56. The quantitative estimate of drug-likeness (QED) is 0.473. The minimum absolute atomic E-state index is 0.197. The Hall–Kier alpha value is -1.97. The van der Waals surface area contributed by atoms with Crippen LogP contribution in [-0.4, -0.2) is 50.2 Å². The van der Waals surface area contributed by atoms with Crippen LogP contribution in [0, 0.1) is 5.92 Å². The lowest BCUT2D eigenvalue weighted by atomic mass is 9.90. The lowest BCUT2D eigenvalue weighted by molar-refractivity contribution is -0.188. The van der Waals surface area contributed by atoms with Crippen LogP contribution in [0.2, 0.25) is 5.02 Å². The molecular weight excluding hydrogens is 466 g/mol. The second kappa shape index (κ2) is 7.81. The fraction of sp³-hybridized carbons (Fsp3) is 0.348. The number of anilines is 1. The predicted molar refractivity (Wildman–Crippen MR) is 129 cm³/mol. The van der Waals surface area contributed by atoms with Gasteiger partial charge in [-0.1, -0.05) is 65.9 Å². The molecule has 3 aliphatic heterocycles. The molecule has 0 unspecified atom stereocenters.